The first kappa shape index (κ1) is 23.7. The fourth-order valence-corrected chi connectivity index (χ4v) is 5.68. The van der Waals surface area contributed by atoms with E-state index in [1.807, 2.05) is 66.9 Å². The van der Waals surface area contributed by atoms with Crippen molar-refractivity contribution >= 4 is 22.1 Å². The third-order valence-corrected chi connectivity index (χ3v) is 7.87. The number of hydrogen-bond acceptors (Lipinski definition) is 5. The normalized spacial score (nSPS) is 14.3. The minimum atomic E-state index is -3.61. The van der Waals surface area contributed by atoms with Crippen molar-refractivity contribution < 1.29 is 13.2 Å². The van der Waals surface area contributed by atoms with Gasteiger partial charge in [-0.2, -0.15) is 14.5 Å². The summed E-state index contributed by atoms with van der Waals surface area (Å²) in [7, 11) is -3.61. The quantitative estimate of drug-likeness (QED) is 0.306. The Balaban J connectivity index is 1.37. The molecule has 1 amide bonds. The van der Waals surface area contributed by atoms with Crippen molar-refractivity contribution in [3.05, 3.63) is 102 Å². The highest BCUT2D eigenvalue weighted by atomic mass is 32.2. The van der Waals surface area contributed by atoms with Crippen LogP contribution in [0.5, 0.6) is 0 Å². The number of para-hydroxylation sites is 1. The van der Waals surface area contributed by atoms with E-state index < -0.39 is 15.9 Å². The molecule has 5 rings (SSSR count). The number of nitrogens with zero attached hydrogens (tertiary/aromatic N) is 4. The minimum Gasteiger partial charge on any atom is -0.267 e. The predicted octanol–water partition coefficient (Wildman–Crippen LogP) is 4.09. The highest BCUT2D eigenvalue weighted by Gasteiger charge is 2.27. The summed E-state index contributed by atoms with van der Waals surface area (Å²) < 4.78 is 28.9. The molecule has 0 radical (unpaired) electrons. The van der Waals surface area contributed by atoms with Gasteiger partial charge in [-0.15, -0.1) is 0 Å². The molecule has 9 heteroatoms. The molecule has 3 aromatic carbocycles. The van der Waals surface area contributed by atoms with Crippen LogP contribution < -0.4 is 5.43 Å². The molecule has 0 saturated carbocycles. The van der Waals surface area contributed by atoms with Crippen LogP contribution in [0.15, 0.2) is 101 Å². The topological polar surface area (TPSA) is 96.7 Å². The summed E-state index contributed by atoms with van der Waals surface area (Å²) in [5, 5.41) is 8.87. The summed E-state index contributed by atoms with van der Waals surface area (Å²) in [5.41, 5.74) is 5.98. The number of benzene rings is 3. The van der Waals surface area contributed by atoms with Crippen molar-refractivity contribution in [2.24, 2.45) is 5.10 Å². The number of carbonyl (C=O) groups excluding carboxylic acids is 1. The molecular formula is C27H25N5O3S. The van der Waals surface area contributed by atoms with Crippen molar-refractivity contribution in [2.75, 3.05) is 13.1 Å². The van der Waals surface area contributed by atoms with Crippen LogP contribution in [0.3, 0.4) is 0 Å². The highest BCUT2D eigenvalue weighted by molar-refractivity contribution is 7.89. The molecule has 1 N–H and O–H groups in total. The van der Waals surface area contributed by atoms with Gasteiger partial charge < -0.3 is 0 Å². The van der Waals surface area contributed by atoms with Gasteiger partial charge >= 0.3 is 0 Å². The standard InChI is InChI=1S/C27H25N5O3S/c33-27(22-12-9-15-25(18-22)36(34,35)31-16-7-8-17-31)29-28-19-23-20-32(24-13-5-2-6-14-24)30-26(23)21-10-3-1-4-11-21/h1-6,9-15,18-20H,7-8,16-17H2,(H,29,33). The molecule has 182 valence electrons. The van der Waals surface area contributed by atoms with E-state index in [0.717, 1.165) is 35.3 Å². The second-order valence-corrected chi connectivity index (χ2v) is 10.4. The molecule has 8 nitrogen and oxygen atoms in total. The molecule has 0 aliphatic carbocycles. The molecule has 1 aromatic heterocycles. The van der Waals surface area contributed by atoms with Crippen LogP contribution in [0.25, 0.3) is 16.9 Å². The van der Waals surface area contributed by atoms with E-state index in [1.54, 1.807) is 16.8 Å². The lowest BCUT2D eigenvalue weighted by atomic mass is 10.1. The molecule has 0 atom stereocenters. The van der Waals surface area contributed by atoms with Gasteiger partial charge in [0.1, 0.15) is 5.69 Å². The van der Waals surface area contributed by atoms with E-state index in [9.17, 15) is 13.2 Å². The second kappa shape index (κ2) is 10.3. The smallest absolute Gasteiger partial charge is 0.267 e. The number of carbonyl (C=O) groups is 1. The lowest BCUT2D eigenvalue weighted by Crippen LogP contribution is -2.28. The summed E-state index contributed by atoms with van der Waals surface area (Å²) in [6.07, 6.45) is 5.08. The Bertz CT molecular complexity index is 1490. The Labute approximate surface area is 209 Å². The Hall–Kier alpha value is -4.08. The maximum atomic E-state index is 12.9. The number of nitrogens with one attached hydrogen (secondary N) is 1. The zero-order valence-electron chi connectivity index (χ0n) is 19.5. The number of amides is 1. The molecule has 2 heterocycles. The second-order valence-electron chi connectivity index (χ2n) is 8.42. The number of rotatable bonds is 7. The molecule has 1 aliphatic heterocycles. The van der Waals surface area contributed by atoms with Crippen LogP contribution in [0.2, 0.25) is 0 Å². The van der Waals surface area contributed by atoms with Gasteiger partial charge in [0, 0.05) is 36.0 Å². The summed E-state index contributed by atoms with van der Waals surface area (Å²) in [4.78, 5) is 12.9. The van der Waals surface area contributed by atoms with Crippen LogP contribution in [0.4, 0.5) is 0 Å². The summed E-state index contributed by atoms with van der Waals surface area (Å²) in [5.74, 6) is -0.499. The fraction of sp³-hybridized carbons (Fsp3) is 0.148. The maximum absolute atomic E-state index is 12.9. The van der Waals surface area contributed by atoms with Crippen molar-refractivity contribution in [3.8, 4) is 16.9 Å². The first-order valence-electron chi connectivity index (χ1n) is 11.7. The largest absolute Gasteiger partial charge is 0.271 e. The van der Waals surface area contributed by atoms with Gasteiger partial charge in [-0.05, 0) is 43.2 Å². The van der Waals surface area contributed by atoms with E-state index in [1.165, 1.54) is 22.7 Å². The van der Waals surface area contributed by atoms with Crippen LogP contribution in [-0.2, 0) is 10.0 Å². The minimum absolute atomic E-state index is 0.108. The third kappa shape index (κ3) is 4.98. The number of hydrazone groups is 1. The first-order valence-corrected chi connectivity index (χ1v) is 13.1. The van der Waals surface area contributed by atoms with Gasteiger partial charge in [0.2, 0.25) is 10.0 Å². The first-order chi connectivity index (χ1) is 17.5. The summed E-state index contributed by atoms with van der Waals surface area (Å²) >= 11 is 0. The van der Waals surface area contributed by atoms with Crippen molar-refractivity contribution in [2.45, 2.75) is 17.7 Å². The Morgan fingerprint density at radius 3 is 2.33 bits per heavy atom. The van der Waals surface area contributed by atoms with Gasteiger partial charge in [-0.25, -0.2) is 18.5 Å². The molecule has 4 aromatic rings. The van der Waals surface area contributed by atoms with Gasteiger partial charge in [0.25, 0.3) is 5.91 Å². The van der Waals surface area contributed by atoms with Crippen molar-refractivity contribution in [3.63, 3.8) is 0 Å². The zero-order valence-corrected chi connectivity index (χ0v) is 20.3. The molecule has 0 unspecified atom stereocenters. The van der Waals surface area contributed by atoms with Gasteiger partial charge in [-0.1, -0.05) is 54.6 Å². The number of sulfonamides is 1. The van der Waals surface area contributed by atoms with E-state index in [4.69, 9.17) is 5.10 Å². The van der Waals surface area contributed by atoms with Gasteiger partial charge in [-0.3, -0.25) is 4.79 Å². The summed E-state index contributed by atoms with van der Waals surface area (Å²) in [6, 6.07) is 25.5. The number of aromatic nitrogens is 2. The molecular weight excluding hydrogens is 474 g/mol. The average molecular weight is 500 g/mol. The lowest BCUT2D eigenvalue weighted by molar-refractivity contribution is 0.0955. The predicted molar refractivity (Wildman–Crippen MR) is 138 cm³/mol. The van der Waals surface area contributed by atoms with E-state index in [2.05, 4.69) is 10.5 Å². The third-order valence-electron chi connectivity index (χ3n) is 5.98. The fourth-order valence-electron chi connectivity index (χ4n) is 4.12. The Morgan fingerprint density at radius 2 is 1.61 bits per heavy atom. The molecule has 0 bridgehead atoms. The molecule has 1 saturated heterocycles. The highest BCUT2D eigenvalue weighted by Crippen LogP contribution is 2.23. The Kier molecular flexibility index (Phi) is 6.75. The van der Waals surface area contributed by atoms with Crippen molar-refractivity contribution in [1.29, 1.82) is 0 Å². The lowest BCUT2D eigenvalue weighted by Gasteiger charge is -2.15. The van der Waals surface area contributed by atoms with E-state index in [0.29, 0.717) is 13.1 Å². The summed E-state index contributed by atoms with van der Waals surface area (Å²) in [6.45, 7) is 1.01. The van der Waals surface area contributed by atoms with Crippen LogP contribution in [0.1, 0.15) is 28.8 Å². The van der Waals surface area contributed by atoms with E-state index >= 15 is 0 Å². The monoisotopic (exact) mass is 499 g/mol. The van der Waals surface area contributed by atoms with Crippen LogP contribution in [-0.4, -0.2) is 47.7 Å². The molecule has 0 spiro atoms. The molecule has 36 heavy (non-hydrogen) atoms. The SMILES string of the molecule is O=C(NN=Cc1cn(-c2ccccc2)nc1-c1ccccc1)c1cccc(S(=O)(=O)N2CCCC2)c1. The zero-order chi connectivity index (χ0) is 25.0. The van der Waals surface area contributed by atoms with Crippen LogP contribution >= 0.6 is 0 Å². The molecule has 1 aliphatic rings. The van der Waals surface area contributed by atoms with Gasteiger partial charge in [0.15, 0.2) is 0 Å². The molecule has 1 fully saturated rings. The van der Waals surface area contributed by atoms with Crippen LogP contribution in [0, 0.1) is 0 Å². The van der Waals surface area contributed by atoms with Gasteiger partial charge in [0.05, 0.1) is 16.8 Å². The Morgan fingerprint density at radius 1 is 0.917 bits per heavy atom. The van der Waals surface area contributed by atoms with Crippen molar-refractivity contribution in [1.82, 2.24) is 19.5 Å². The van der Waals surface area contributed by atoms with E-state index in [-0.39, 0.29) is 10.5 Å². The average Bonchev–Trinajstić information content (AvgIpc) is 3.61. The maximum Gasteiger partial charge on any atom is 0.271 e. The number of hydrogen-bond donors (Lipinski definition) is 1.